The van der Waals surface area contributed by atoms with Crippen molar-refractivity contribution >= 4 is 5.91 Å². The van der Waals surface area contributed by atoms with Gasteiger partial charge in [0.15, 0.2) is 5.82 Å². The van der Waals surface area contributed by atoms with E-state index in [1.165, 1.54) is 5.56 Å². The molecule has 2 unspecified atom stereocenters. The second-order valence-electron chi connectivity index (χ2n) is 6.78. The standard InChI is InChI=1S/C18H21N3O2/c1-12(13-5-3-2-4-6-13)10-21-11-15(9-16(21)22)18-19-17(20-23-18)14-7-8-14/h2-6,12,14-15H,7-11H2,1H3. The minimum absolute atomic E-state index is 0.0467. The summed E-state index contributed by atoms with van der Waals surface area (Å²) in [4.78, 5) is 18.8. The van der Waals surface area contributed by atoms with E-state index in [9.17, 15) is 4.79 Å². The van der Waals surface area contributed by atoms with E-state index in [2.05, 4.69) is 29.2 Å². The zero-order valence-corrected chi connectivity index (χ0v) is 13.3. The van der Waals surface area contributed by atoms with Gasteiger partial charge in [0.2, 0.25) is 11.8 Å². The fourth-order valence-corrected chi connectivity index (χ4v) is 3.25. The Morgan fingerprint density at radius 2 is 2.04 bits per heavy atom. The number of benzene rings is 1. The molecule has 0 radical (unpaired) electrons. The van der Waals surface area contributed by atoms with Crippen molar-refractivity contribution in [1.29, 1.82) is 0 Å². The predicted octanol–water partition coefficient (Wildman–Crippen LogP) is 3.07. The van der Waals surface area contributed by atoms with Crippen LogP contribution in [0.15, 0.2) is 34.9 Å². The molecule has 1 aliphatic carbocycles. The molecule has 2 aromatic rings. The Hall–Kier alpha value is -2.17. The van der Waals surface area contributed by atoms with Crippen molar-refractivity contribution in [2.75, 3.05) is 13.1 Å². The molecule has 2 heterocycles. The normalized spacial score (nSPS) is 22.6. The summed E-state index contributed by atoms with van der Waals surface area (Å²) in [7, 11) is 0. The van der Waals surface area contributed by atoms with Crippen LogP contribution in [0.25, 0.3) is 0 Å². The van der Waals surface area contributed by atoms with Crippen LogP contribution in [0.4, 0.5) is 0 Å². The highest BCUT2D eigenvalue weighted by Gasteiger charge is 2.36. The third-order valence-corrected chi connectivity index (χ3v) is 4.83. The average molecular weight is 311 g/mol. The minimum atomic E-state index is 0.0467. The van der Waals surface area contributed by atoms with Gasteiger partial charge < -0.3 is 9.42 Å². The zero-order valence-electron chi connectivity index (χ0n) is 13.3. The Bertz CT molecular complexity index is 693. The molecule has 23 heavy (non-hydrogen) atoms. The Morgan fingerprint density at radius 3 is 2.78 bits per heavy atom. The Morgan fingerprint density at radius 1 is 1.26 bits per heavy atom. The van der Waals surface area contributed by atoms with Crippen molar-refractivity contribution < 1.29 is 9.32 Å². The second-order valence-corrected chi connectivity index (χ2v) is 6.78. The van der Waals surface area contributed by atoms with Gasteiger partial charge in [0.1, 0.15) is 0 Å². The number of hydrogen-bond acceptors (Lipinski definition) is 4. The largest absolute Gasteiger partial charge is 0.341 e. The van der Waals surface area contributed by atoms with Gasteiger partial charge in [-0.1, -0.05) is 42.4 Å². The molecule has 2 aliphatic rings. The van der Waals surface area contributed by atoms with Crippen molar-refractivity contribution in [3.05, 3.63) is 47.6 Å². The lowest BCUT2D eigenvalue weighted by Crippen LogP contribution is -2.29. The number of carbonyl (C=O) groups excluding carboxylic acids is 1. The molecule has 0 bridgehead atoms. The topological polar surface area (TPSA) is 59.2 Å². The van der Waals surface area contributed by atoms with Gasteiger partial charge in [-0.05, 0) is 24.3 Å². The van der Waals surface area contributed by atoms with E-state index in [0.717, 1.165) is 25.2 Å². The van der Waals surface area contributed by atoms with Crippen LogP contribution in [0.5, 0.6) is 0 Å². The molecule has 1 aromatic carbocycles. The van der Waals surface area contributed by atoms with Gasteiger partial charge in [0, 0.05) is 25.4 Å². The van der Waals surface area contributed by atoms with E-state index < -0.39 is 0 Å². The lowest BCUT2D eigenvalue weighted by Gasteiger charge is -2.21. The van der Waals surface area contributed by atoms with Crippen LogP contribution in [0.2, 0.25) is 0 Å². The summed E-state index contributed by atoms with van der Waals surface area (Å²) in [6.07, 6.45) is 2.79. The minimum Gasteiger partial charge on any atom is -0.341 e. The van der Waals surface area contributed by atoms with Gasteiger partial charge >= 0.3 is 0 Å². The number of nitrogens with zero attached hydrogens (tertiary/aromatic N) is 3. The van der Waals surface area contributed by atoms with Crippen LogP contribution >= 0.6 is 0 Å². The molecular weight excluding hydrogens is 290 g/mol. The molecule has 5 nitrogen and oxygen atoms in total. The molecule has 0 spiro atoms. The van der Waals surface area contributed by atoms with E-state index in [-0.39, 0.29) is 11.8 Å². The van der Waals surface area contributed by atoms with Gasteiger partial charge in [-0.15, -0.1) is 0 Å². The highest BCUT2D eigenvalue weighted by Crippen LogP contribution is 2.39. The quantitative estimate of drug-likeness (QED) is 0.851. The molecule has 0 N–H and O–H groups in total. The highest BCUT2D eigenvalue weighted by atomic mass is 16.5. The maximum Gasteiger partial charge on any atom is 0.232 e. The van der Waals surface area contributed by atoms with Crippen LogP contribution < -0.4 is 0 Å². The second kappa shape index (κ2) is 5.80. The SMILES string of the molecule is CC(CN1CC(c2nc(C3CC3)no2)CC1=O)c1ccccc1. The van der Waals surface area contributed by atoms with Gasteiger partial charge in [-0.2, -0.15) is 4.98 Å². The molecule has 2 fully saturated rings. The highest BCUT2D eigenvalue weighted by molar-refractivity contribution is 5.79. The van der Waals surface area contributed by atoms with Crippen molar-refractivity contribution in [3.8, 4) is 0 Å². The van der Waals surface area contributed by atoms with Crippen LogP contribution in [0.1, 0.15) is 61.2 Å². The molecule has 1 amide bonds. The lowest BCUT2D eigenvalue weighted by molar-refractivity contribution is -0.127. The van der Waals surface area contributed by atoms with Crippen molar-refractivity contribution in [3.63, 3.8) is 0 Å². The van der Waals surface area contributed by atoms with Crippen LogP contribution in [-0.4, -0.2) is 34.0 Å². The monoisotopic (exact) mass is 311 g/mol. The number of rotatable bonds is 5. The first-order valence-electron chi connectivity index (χ1n) is 8.37. The van der Waals surface area contributed by atoms with Gasteiger partial charge in [-0.25, -0.2) is 0 Å². The molecule has 1 aromatic heterocycles. The molecule has 1 aliphatic heterocycles. The van der Waals surface area contributed by atoms with Gasteiger partial charge in [0.05, 0.1) is 5.92 Å². The molecule has 2 atom stereocenters. The first-order chi connectivity index (χ1) is 11.2. The van der Waals surface area contributed by atoms with E-state index in [1.54, 1.807) is 0 Å². The van der Waals surface area contributed by atoms with E-state index in [1.807, 2.05) is 23.1 Å². The molecule has 5 heteroatoms. The Labute approximate surface area is 135 Å². The number of hydrogen-bond donors (Lipinski definition) is 0. The van der Waals surface area contributed by atoms with Gasteiger partial charge in [0.25, 0.3) is 0 Å². The van der Waals surface area contributed by atoms with Crippen molar-refractivity contribution in [1.82, 2.24) is 15.0 Å². The van der Waals surface area contributed by atoms with E-state index in [0.29, 0.717) is 30.7 Å². The third kappa shape index (κ3) is 3.00. The van der Waals surface area contributed by atoms with E-state index in [4.69, 9.17) is 4.52 Å². The molecular formula is C18H21N3O2. The number of likely N-dealkylation sites (tertiary alicyclic amines) is 1. The summed E-state index contributed by atoms with van der Waals surface area (Å²) in [5, 5.41) is 4.07. The average Bonchev–Trinajstić information content (AvgIpc) is 3.19. The van der Waals surface area contributed by atoms with Crippen molar-refractivity contribution in [2.45, 2.75) is 43.9 Å². The zero-order chi connectivity index (χ0) is 15.8. The predicted molar refractivity (Wildman–Crippen MR) is 85.1 cm³/mol. The smallest absolute Gasteiger partial charge is 0.232 e. The number of carbonyl (C=O) groups is 1. The summed E-state index contributed by atoms with van der Waals surface area (Å²) in [6, 6.07) is 10.3. The summed E-state index contributed by atoms with van der Waals surface area (Å²) in [5.41, 5.74) is 1.26. The molecule has 120 valence electrons. The van der Waals surface area contributed by atoms with Crippen LogP contribution in [0, 0.1) is 0 Å². The van der Waals surface area contributed by atoms with Crippen LogP contribution in [-0.2, 0) is 4.79 Å². The molecule has 1 saturated heterocycles. The first-order valence-corrected chi connectivity index (χ1v) is 8.37. The molecule has 1 saturated carbocycles. The Balaban J connectivity index is 1.41. The number of aromatic nitrogens is 2. The van der Waals surface area contributed by atoms with Crippen molar-refractivity contribution in [2.24, 2.45) is 0 Å². The summed E-state index contributed by atoms with van der Waals surface area (Å²) >= 11 is 0. The van der Waals surface area contributed by atoms with E-state index >= 15 is 0 Å². The third-order valence-electron chi connectivity index (χ3n) is 4.83. The summed E-state index contributed by atoms with van der Waals surface area (Å²) in [5.74, 6) is 2.50. The summed E-state index contributed by atoms with van der Waals surface area (Å²) < 4.78 is 5.40. The maximum atomic E-state index is 12.3. The summed E-state index contributed by atoms with van der Waals surface area (Å²) in [6.45, 7) is 3.58. The fourth-order valence-electron chi connectivity index (χ4n) is 3.25. The lowest BCUT2D eigenvalue weighted by atomic mass is 10.0. The Kier molecular flexibility index (Phi) is 3.63. The van der Waals surface area contributed by atoms with Gasteiger partial charge in [-0.3, -0.25) is 4.79 Å². The molecule has 4 rings (SSSR count). The van der Waals surface area contributed by atoms with Crippen LogP contribution in [0.3, 0.4) is 0 Å². The maximum absolute atomic E-state index is 12.3. The number of amides is 1. The first kappa shape index (κ1) is 14.4. The fraction of sp³-hybridized carbons (Fsp3) is 0.500.